The van der Waals surface area contributed by atoms with E-state index in [2.05, 4.69) is 71.1 Å². The van der Waals surface area contributed by atoms with E-state index >= 15 is 13.7 Å². The van der Waals surface area contributed by atoms with Gasteiger partial charge in [0.1, 0.15) is 59.0 Å². The lowest BCUT2D eigenvalue weighted by molar-refractivity contribution is -0.185. The smallest absolute Gasteiger partial charge is 0.410 e. The summed E-state index contributed by atoms with van der Waals surface area (Å²) >= 11 is 2.07. The number of imidazole rings is 4. The molecule has 2 aromatic carbocycles. The Morgan fingerprint density at radius 1 is 0.551 bits per heavy atom. The maximum atomic E-state index is 16.6. The number of thioether (sulfide) groups is 2. The second-order valence-electron chi connectivity index (χ2n) is 36.7. The Kier molecular flexibility index (Phi) is 28.8. The standard InChI is InChI=1S/C82H101N22O25P3S2Si2/c1-43(2)67(107)97-77-95-65-51(71(111)99-77)91-41-103(65)75-55(53(128-135(11,12)79(5,6)7)47(133-75)31-120-131(114,118-29-21-27-83)126-59-57-73(122-81(59,33-105)35-116-57)101-39-89-49-61(85-37-87-63(49)101)93-69(109)45-23-17-15-18-24-45)124-130(113)125-56-54(129-136(13,14)80(8,9)10)48(134-76(56)104-42-92-52-66(104)96-78(100-72(52)112)98-68(108)44(3)4)32-121-132(115,119-30-22-28-84)127-60-58-74(123-82(60,34-106)36-117-58)102-40-90-50-62(86-38-88-64(50)102)94-70(110)46-25-19-16-20-26-46/h15-20,23-26,37-44,47-48,53-60,73-76,105-106H,21-22,29-36H2,1-14H3,(H5-,85,86,87,88,93,94,95,96,97,98,99,100,107,108,109,110,111,112)/p+1/t47-,48-,53-,54-,55-,56-,57-,58-,59+,60+,73-,74-,75-,76-,81+,82+,131?,132?/m1/s1. The van der Waals surface area contributed by atoms with Crippen molar-refractivity contribution < 1.29 is 107 Å². The summed E-state index contributed by atoms with van der Waals surface area (Å²) in [4.78, 5) is 133. The van der Waals surface area contributed by atoms with Crippen molar-refractivity contribution in [1.29, 1.82) is 10.5 Å². The zero-order valence-corrected chi connectivity index (χ0v) is 82.5. The summed E-state index contributed by atoms with van der Waals surface area (Å²) in [5.74, 6) is -3.68. The summed E-state index contributed by atoms with van der Waals surface area (Å²) in [5, 5.41) is 47.4. The lowest BCUT2D eigenvalue weighted by atomic mass is 10.0. The van der Waals surface area contributed by atoms with Crippen molar-refractivity contribution in [3.05, 3.63) is 130 Å². The maximum Gasteiger partial charge on any atom is 0.698 e. The van der Waals surface area contributed by atoms with Crippen LogP contribution in [0.1, 0.15) is 126 Å². The van der Waals surface area contributed by atoms with Crippen LogP contribution in [-0.4, -0.2) is 252 Å². The number of ether oxygens (including phenoxy) is 4. The molecule has 6 fully saturated rings. The molecule has 16 rings (SSSR count). The van der Waals surface area contributed by atoms with E-state index in [9.17, 15) is 49.5 Å². The Morgan fingerprint density at radius 2 is 0.926 bits per heavy atom. The van der Waals surface area contributed by atoms with Gasteiger partial charge in [0.15, 0.2) is 97.6 Å². The summed E-state index contributed by atoms with van der Waals surface area (Å²) < 4.78 is 148. The van der Waals surface area contributed by atoms with Gasteiger partial charge in [0.05, 0.1) is 126 Å². The predicted octanol–water partition coefficient (Wildman–Crippen LogP) is 10.3. The Hall–Kier alpha value is -9.85. The number of nitrogens with one attached hydrogen (secondary N) is 6. The summed E-state index contributed by atoms with van der Waals surface area (Å²) in [6, 6.07) is 20.7. The van der Waals surface area contributed by atoms with E-state index in [1.165, 1.54) is 56.2 Å². The van der Waals surface area contributed by atoms with Crippen LogP contribution in [0, 0.1) is 34.5 Å². The highest BCUT2D eigenvalue weighted by Crippen LogP contribution is 2.63. The van der Waals surface area contributed by atoms with Gasteiger partial charge in [-0.15, -0.1) is 32.6 Å². The fraction of sp³-hybridized carbons (Fsp3) is 0.537. The number of aromatic nitrogens is 16. The number of rotatable bonds is 38. The first-order chi connectivity index (χ1) is 64.6. The van der Waals surface area contributed by atoms with E-state index in [1.807, 2.05) is 79.9 Å². The summed E-state index contributed by atoms with van der Waals surface area (Å²) in [6.07, 6.45) is -6.88. The van der Waals surface area contributed by atoms with Crippen LogP contribution in [0.3, 0.4) is 0 Å². The minimum absolute atomic E-state index is 0.0493. The van der Waals surface area contributed by atoms with E-state index in [1.54, 1.807) is 88.4 Å². The van der Waals surface area contributed by atoms with E-state index in [4.69, 9.17) is 74.0 Å². The number of carbonyl (C=O) groups excluding carboxylic acids is 4. The van der Waals surface area contributed by atoms with Gasteiger partial charge >= 0.3 is 23.9 Å². The van der Waals surface area contributed by atoms with Crippen molar-refractivity contribution in [3.63, 3.8) is 0 Å². The number of phosphoric ester groups is 2. The van der Waals surface area contributed by atoms with Crippen LogP contribution in [0.5, 0.6) is 0 Å². The number of hydrogen-bond donors (Lipinski definition) is 8. The molecular weight excluding hydrogens is 1910 g/mol. The van der Waals surface area contributed by atoms with Crippen LogP contribution < -0.4 is 32.4 Å². The number of aliphatic hydroxyl groups is 2. The zero-order chi connectivity index (χ0) is 97.1. The molecule has 2 unspecified atom stereocenters. The van der Waals surface area contributed by atoms with E-state index in [0.717, 1.165) is 23.5 Å². The number of amides is 4. The fourth-order valence-corrected chi connectivity index (χ4v) is 25.6. The molecule has 724 valence electrons. The van der Waals surface area contributed by atoms with Gasteiger partial charge in [-0.1, -0.05) is 106 Å². The van der Waals surface area contributed by atoms with Gasteiger partial charge < -0.3 is 48.6 Å². The van der Waals surface area contributed by atoms with Crippen LogP contribution in [0.25, 0.3) is 44.7 Å². The first kappa shape index (κ1) is 99.2. The number of carbonyl (C=O) groups is 4. The van der Waals surface area contributed by atoms with Crippen LogP contribution in [0.15, 0.2) is 108 Å². The summed E-state index contributed by atoms with van der Waals surface area (Å²) in [6.45, 7) is 21.3. The molecule has 136 heavy (non-hydrogen) atoms. The molecule has 8 N–H and O–H groups in total. The van der Waals surface area contributed by atoms with E-state index in [0.29, 0.717) is 11.1 Å². The molecule has 6 aliphatic rings. The van der Waals surface area contributed by atoms with Gasteiger partial charge in [-0.25, -0.2) is 49.0 Å². The molecule has 4 bridgehead atoms. The average Bonchev–Trinajstić information content (AvgIpc) is 1.56. The van der Waals surface area contributed by atoms with Crippen molar-refractivity contribution >= 4 is 156 Å². The van der Waals surface area contributed by atoms with Crippen molar-refractivity contribution in [2.45, 2.75) is 212 Å². The third kappa shape index (κ3) is 19.8. The number of nitriles is 2. The molecule has 0 spiro atoms. The highest BCUT2D eigenvalue weighted by atomic mass is 32.2. The van der Waals surface area contributed by atoms with Crippen molar-refractivity contribution in [3.8, 4) is 12.1 Å². The molecule has 0 saturated carbocycles. The molecule has 54 heteroatoms. The van der Waals surface area contributed by atoms with Crippen molar-refractivity contribution in [2.24, 2.45) is 11.8 Å². The van der Waals surface area contributed by atoms with Gasteiger partial charge in [0.25, 0.3) is 22.9 Å². The van der Waals surface area contributed by atoms with Crippen LogP contribution in [0.4, 0.5) is 23.5 Å². The topological polar surface area (TPSA) is 599 Å². The van der Waals surface area contributed by atoms with Crippen molar-refractivity contribution in [2.75, 3.05) is 74.1 Å². The molecule has 4 amide bonds. The molecule has 18 atom stereocenters. The number of benzene rings is 2. The van der Waals surface area contributed by atoms with Gasteiger partial charge in [0.2, 0.25) is 23.7 Å². The summed E-state index contributed by atoms with van der Waals surface area (Å²) in [7, 11) is -20.5. The number of aromatic amines is 2. The lowest BCUT2D eigenvalue weighted by Crippen LogP contribution is -2.50. The first-order valence-corrected chi connectivity index (χ1v) is 55.1. The molecule has 6 saturated heterocycles. The first-order valence-electron chi connectivity index (χ1n) is 43.4. The Balaban J connectivity index is 0.760. The Bertz CT molecular complexity index is 6130. The number of fused-ring (bicyclic) bond motifs is 8. The van der Waals surface area contributed by atoms with E-state index < -0.39 is 231 Å². The molecular formula is C82H102N22O25P3S2Si2+. The minimum atomic E-state index is -5.14. The maximum absolute atomic E-state index is 16.6. The third-order valence-electron chi connectivity index (χ3n) is 24.9. The van der Waals surface area contributed by atoms with Crippen LogP contribution in [-0.2, 0) is 87.3 Å². The van der Waals surface area contributed by atoms with E-state index in [-0.39, 0.29) is 94.2 Å². The van der Waals surface area contributed by atoms with Gasteiger partial charge in [-0.05, 0) is 60.5 Å². The second-order valence-corrected chi connectivity index (χ2v) is 53.1. The number of nitrogens with zero attached hydrogens (tertiary/aromatic N) is 16. The Labute approximate surface area is 787 Å². The number of hydrogen-bond acceptors (Lipinski definition) is 39. The molecule has 0 aliphatic carbocycles. The number of anilines is 4. The minimum Gasteiger partial charge on any atom is -0.410 e. The van der Waals surface area contributed by atoms with Gasteiger partial charge in [0, 0.05) is 27.5 Å². The quantitative estimate of drug-likeness (QED) is 0.0101. The highest BCUT2D eigenvalue weighted by molar-refractivity contribution is 8.00. The number of phosphoric acid groups is 2. The van der Waals surface area contributed by atoms with Gasteiger partial charge in [-0.3, -0.25) is 94.8 Å². The monoisotopic (exact) mass is 2010 g/mol. The largest absolute Gasteiger partial charge is 0.698 e. The number of H-pyrrole nitrogens is 2. The van der Waals surface area contributed by atoms with Crippen LogP contribution in [0.2, 0.25) is 36.3 Å². The zero-order valence-electron chi connectivity index (χ0n) is 76.1. The number of aliphatic hydroxyl groups excluding tert-OH is 2. The predicted molar refractivity (Wildman–Crippen MR) is 494 cm³/mol. The summed E-state index contributed by atoms with van der Waals surface area (Å²) in [5.41, 5.74) is -4.67. The molecule has 8 aromatic heterocycles. The molecule has 10 aromatic rings. The SMILES string of the molecule is CC(C)C(=O)Nc1nc2c(ncn2[C@@H]2S[C@H](COP(=O)(OCCC#N)O[C@H]3[C@H]4OC[C@]3(CO)O[C@H]4n3cnc4c(NC(=O)c5ccccc5)ncnc43)[C@@H](O[Si](C)(C)C(C)(C)C)[C@H]2O[P+](=O)O[C@@H]2[C@H](O[Si](C)(C)C(C)(C)C)[C@@H](COP(=O)(OCCC#N)O[C@H]3[C@H]4OC[C@]3(CO)O[C@H]4n3cnc4c(NC(=O)c5ccccc5)ncnc43)S[C@H]2n2cnc3c(=O)[nH]c(NC(=O)C(C)C)nc32)c(=O)[nH]1. The molecule has 47 nitrogen and oxygen atoms in total. The Morgan fingerprint density at radius 3 is 1.29 bits per heavy atom. The fourth-order valence-electron chi connectivity index (χ4n) is 15.6. The van der Waals surface area contributed by atoms with Crippen molar-refractivity contribution in [1.82, 2.24) is 78.1 Å². The lowest BCUT2D eigenvalue weighted by Gasteiger charge is -2.40. The third-order valence-corrected chi connectivity index (χ3v) is 40.6. The second kappa shape index (κ2) is 39.4. The molecule has 14 heterocycles. The normalized spacial score (nSPS) is 26.0. The van der Waals surface area contributed by atoms with Gasteiger partial charge in [-0.2, -0.15) is 20.5 Å². The average molecular weight is 2010 g/mol. The highest BCUT2D eigenvalue weighted by Gasteiger charge is 2.68. The van der Waals surface area contributed by atoms with Crippen LogP contribution >= 0.6 is 47.4 Å². The molecule has 0 radical (unpaired) electrons. The molecule has 6 aliphatic heterocycles.